The number of nitrogens with zero attached hydrogens (tertiary/aromatic N) is 1. The number of aromatic nitrogens is 2. The largest absolute Gasteiger partial charge is 0.354 e. The Morgan fingerprint density at radius 2 is 2.04 bits per heavy atom. The van der Waals surface area contributed by atoms with Crippen molar-refractivity contribution in [2.45, 2.75) is 32.6 Å². The molecule has 1 aliphatic rings. The standard InChI is InChI=1S/C18H22N4O2/c1-10(2)8-11-4-6-12(7-5-11)13-9-14(23)20-17-15(13)16(21-22-17)18(24)19-3/h4-7,10,13H,8-9H2,1-3H3,(H,19,24)(H2,20,21,22,23). The maximum absolute atomic E-state index is 12.1. The van der Waals surface area contributed by atoms with Gasteiger partial charge in [-0.3, -0.25) is 14.7 Å². The van der Waals surface area contributed by atoms with E-state index in [2.05, 4.69) is 46.8 Å². The predicted molar refractivity (Wildman–Crippen MR) is 92.1 cm³/mol. The number of nitrogens with one attached hydrogen (secondary N) is 3. The number of fused-ring (bicyclic) bond motifs is 1. The van der Waals surface area contributed by atoms with Crippen LogP contribution >= 0.6 is 0 Å². The third kappa shape index (κ3) is 3.04. The molecule has 1 aliphatic heterocycles. The Kier molecular flexibility index (Phi) is 4.38. The normalized spacial score (nSPS) is 16.7. The van der Waals surface area contributed by atoms with E-state index in [0.29, 0.717) is 23.9 Å². The first-order valence-corrected chi connectivity index (χ1v) is 8.18. The summed E-state index contributed by atoms with van der Waals surface area (Å²) in [5.41, 5.74) is 3.45. The average molecular weight is 326 g/mol. The fraction of sp³-hybridized carbons (Fsp3) is 0.389. The minimum absolute atomic E-state index is 0.0892. The molecule has 1 unspecified atom stereocenters. The van der Waals surface area contributed by atoms with Gasteiger partial charge in [-0.2, -0.15) is 5.10 Å². The Balaban J connectivity index is 1.98. The first-order valence-electron chi connectivity index (χ1n) is 8.18. The minimum Gasteiger partial charge on any atom is -0.354 e. The molecule has 0 aliphatic carbocycles. The third-order valence-electron chi connectivity index (χ3n) is 4.28. The van der Waals surface area contributed by atoms with Gasteiger partial charge in [0.05, 0.1) is 0 Å². The maximum Gasteiger partial charge on any atom is 0.269 e. The van der Waals surface area contributed by atoms with E-state index >= 15 is 0 Å². The molecule has 6 nitrogen and oxygen atoms in total. The summed E-state index contributed by atoms with van der Waals surface area (Å²) in [6.45, 7) is 4.37. The van der Waals surface area contributed by atoms with Crippen LogP contribution in [-0.4, -0.2) is 29.1 Å². The molecule has 2 aromatic rings. The Morgan fingerprint density at radius 1 is 1.33 bits per heavy atom. The van der Waals surface area contributed by atoms with Gasteiger partial charge in [-0.1, -0.05) is 38.1 Å². The van der Waals surface area contributed by atoms with Gasteiger partial charge in [0.15, 0.2) is 5.82 Å². The van der Waals surface area contributed by atoms with Crippen molar-refractivity contribution >= 4 is 17.6 Å². The molecule has 3 rings (SSSR count). The van der Waals surface area contributed by atoms with Crippen LogP contribution in [0.15, 0.2) is 24.3 Å². The predicted octanol–water partition coefficient (Wildman–Crippen LogP) is 2.44. The fourth-order valence-electron chi connectivity index (χ4n) is 3.20. The first kappa shape index (κ1) is 16.2. The van der Waals surface area contributed by atoms with Crippen molar-refractivity contribution in [3.63, 3.8) is 0 Å². The number of hydrogen-bond donors (Lipinski definition) is 3. The molecule has 0 fully saturated rings. The van der Waals surface area contributed by atoms with E-state index in [4.69, 9.17) is 0 Å². The number of H-pyrrole nitrogens is 1. The van der Waals surface area contributed by atoms with Crippen molar-refractivity contribution in [1.82, 2.24) is 15.5 Å². The fourth-order valence-corrected chi connectivity index (χ4v) is 3.20. The Morgan fingerprint density at radius 3 is 2.67 bits per heavy atom. The molecule has 126 valence electrons. The zero-order valence-corrected chi connectivity index (χ0v) is 14.1. The molecule has 3 N–H and O–H groups in total. The molecule has 2 heterocycles. The zero-order chi connectivity index (χ0) is 17.3. The van der Waals surface area contributed by atoms with Gasteiger partial charge in [0, 0.05) is 24.9 Å². The van der Waals surface area contributed by atoms with E-state index < -0.39 is 0 Å². The highest BCUT2D eigenvalue weighted by molar-refractivity contribution is 6.00. The topological polar surface area (TPSA) is 86.9 Å². The van der Waals surface area contributed by atoms with Gasteiger partial charge in [0.25, 0.3) is 5.91 Å². The molecular formula is C18H22N4O2. The molecule has 2 amide bonds. The lowest BCUT2D eigenvalue weighted by molar-refractivity contribution is -0.116. The summed E-state index contributed by atoms with van der Waals surface area (Å²) in [6, 6.07) is 8.29. The molecule has 0 spiro atoms. The summed E-state index contributed by atoms with van der Waals surface area (Å²) in [5.74, 6) is 0.542. The number of anilines is 1. The van der Waals surface area contributed by atoms with Crippen molar-refractivity contribution in [2.75, 3.05) is 12.4 Å². The lowest BCUT2D eigenvalue weighted by atomic mass is 9.85. The number of aromatic amines is 1. The summed E-state index contributed by atoms with van der Waals surface area (Å²) in [6.07, 6.45) is 1.33. The smallest absolute Gasteiger partial charge is 0.269 e. The van der Waals surface area contributed by atoms with Crippen LogP contribution in [0.5, 0.6) is 0 Å². The van der Waals surface area contributed by atoms with E-state index in [9.17, 15) is 9.59 Å². The number of carbonyl (C=O) groups is 2. The SMILES string of the molecule is CNC(=O)c1[nH]nc2c1C(c1ccc(CC(C)C)cc1)CC(=O)N2. The Labute approximate surface area is 141 Å². The zero-order valence-electron chi connectivity index (χ0n) is 14.1. The van der Waals surface area contributed by atoms with Crippen molar-refractivity contribution in [1.29, 1.82) is 0 Å². The number of carbonyl (C=O) groups excluding carboxylic acids is 2. The minimum atomic E-state index is -0.235. The van der Waals surface area contributed by atoms with Crippen molar-refractivity contribution < 1.29 is 9.59 Å². The monoisotopic (exact) mass is 326 g/mol. The highest BCUT2D eigenvalue weighted by atomic mass is 16.2. The molecule has 0 saturated heterocycles. The van der Waals surface area contributed by atoms with Gasteiger partial charge in [-0.15, -0.1) is 0 Å². The van der Waals surface area contributed by atoms with E-state index in [0.717, 1.165) is 17.5 Å². The highest BCUT2D eigenvalue weighted by Crippen LogP contribution is 2.38. The van der Waals surface area contributed by atoms with Crippen molar-refractivity contribution in [2.24, 2.45) is 5.92 Å². The van der Waals surface area contributed by atoms with Crippen LogP contribution in [0.4, 0.5) is 5.82 Å². The van der Waals surface area contributed by atoms with Crippen molar-refractivity contribution in [3.8, 4) is 0 Å². The quantitative estimate of drug-likeness (QED) is 0.806. The molecule has 1 atom stereocenters. The van der Waals surface area contributed by atoms with Crippen LogP contribution in [0, 0.1) is 5.92 Å². The molecule has 1 aromatic carbocycles. The summed E-state index contributed by atoms with van der Waals surface area (Å²) in [7, 11) is 1.58. The molecule has 0 saturated carbocycles. The second-order valence-electron chi connectivity index (χ2n) is 6.58. The molecule has 0 radical (unpaired) electrons. The van der Waals surface area contributed by atoms with Crippen LogP contribution in [0.3, 0.4) is 0 Å². The van der Waals surface area contributed by atoms with Crippen LogP contribution in [0.2, 0.25) is 0 Å². The number of benzene rings is 1. The van der Waals surface area contributed by atoms with E-state index in [1.807, 2.05) is 12.1 Å². The van der Waals surface area contributed by atoms with Gasteiger partial charge in [0.2, 0.25) is 5.91 Å². The molecule has 24 heavy (non-hydrogen) atoms. The maximum atomic E-state index is 12.1. The van der Waals surface area contributed by atoms with E-state index in [-0.39, 0.29) is 17.7 Å². The van der Waals surface area contributed by atoms with Crippen LogP contribution < -0.4 is 10.6 Å². The Hall–Kier alpha value is -2.63. The molecule has 0 bridgehead atoms. The van der Waals surface area contributed by atoms with Gasteiger partial charge in [-0.05, 0) is 23.5 Å². The van der Waals surface area contributed by atoms with Gasteiger partial charge < -0.3 is 10.6 Å². The first-order chi connectivity index (χ1) is 11.5. The summed E-state index contributed by atoms with van der Waals surface area (Å²) in [4.78, 5) is 24.1. The number of hydrogen-bond acceptors (Lipinski definition) is 3. The number of amides is 2. The van der Waals surface area contributed by atoms with Crippen molar-refractivity contribution in [3.05, 3.63) is 46.6 Å². The second-order valence-corrected chi connectivity index (χ2v) is 6.58. The lowest BCUT2D eigenvalue weighted by Gasteiger charge is -2.23. The van der Waals surface area contributed by atoms with E-state index in [1.165, 1.54) is 5.56 Å². The van der Waals surface area contributed by atoms with Gasteiger partial charge >= 0.3 is 0 Å². The third-order valence-corrected chi connectivity index (χ3v) is 4.28. The molecular weight excluding hydrogens is 304 g/mol. The van der Waals surface area contributed by atoms with Gasteiger partial charge in [-0.25, -0.2) is 0 Å². The molecule has 6 heteroatoms. The molecule has 1 aromatic heterocycles. The summed E-state index contributed by atoms with van der Waals surface area (Å²) < 4.78 is 0. The van der Waals surface area contributed by atoms with Crippen LogP contribution in [0.1, 0.15) is 53.4 Å². The average Bonchev–Trinajstić information content (AvgIpc) is 2.97. The highest BCUT2D eigenvalue weighted by Gasteiger charge is 2.33. The lowest BCUT2D eigenvalue weighted by Crippen LogP contribution is -2.26. The van der Waals surface area contributed by atoms with Gasteiger partial charge in [0.1, 0.15) is 5.69 Å². The van der Waals surface area contributed by atoms with E-state index in [1.54, 1.807) is 7.05 Å². The van der Waals surface area contributed by atoms with Crippen LogP contribution in [-0.2, 0) is 11.2 Å². The van der Waals surface area contributed by atoms with Crippen LogP contribution in [0.25, 0.3) is 0 Å². The second kappa shape index (κ2) is 6.47. The summed E-state index contributed by atoms with van der Waals surface area (Å²) in [5, 5.41) is 12.2. The Bertz CT molecular complexity index is 762. The summed E-state index contributed by atoms with van der Waals surface area (Å²) >= 11 is 0. The number of rotatable bonds is 4.